The van der Waals surface area contributed by atoms with Crippen LogP contribution in [0.2, 0.25) is 0 Å². The summed E-state index contributed by atoms with van der Waals surface area (Å²) in [5, 5.41) is 5.99. The van der Waals surface area contributed by atoms with Gasteiger partial charge in [-0.25, -0.2) is 9.97 Å². The molecular formula is C37H38N6O2. The largest absolute Gasteiger partial charge is 0.338 e. The zero-order valence-electron chi connectivity index (χ0n) is 25.3. The van der Waals surface area contributed by atoms with Crippen molar-refractivity contribution in [1.29, 1.82) is 0 Å². The summed E-state index contributed by atoms with van der Waals surface area (Å²) in [5.74, 6) is 1.72. The summed E-state index contributed by atoms with van der Waals surface area (Å²) < 4.78 is 0. The van der Waals surface area contributed by atoms with E-state index >= 15 is 0 Å². The molecule has 45 heavy (non-hydrogen) atoms. The molecule has 0 spiro atoms. The van der Waals surface area contributed by atoms with Gasteiger partial charge in [0.15, 0.2) is 0 Å². The number of hydrogen-bond donors (Lipinski definition) is 4. The highest BCUT2D eigenvalue weighted by Gasteiger charge is 2.08. The monoisotopic (exact) mass is 598 g/mol. The molecule has 0 aliphatic heterocycles. The molecule has 4 N–H and O–H groups in total. The molecule has 2 aromatic heterocycles. The molecule has 0 aliphatic carbocycles. The third-order valence-corrected chi connectivity index (χ3v) is 7.97. The molecule has 2 heterocycles. The van der Waals surface area contributed by atoms with Crippen LogP contribution in [0.1, 0.15) is 57.8 Å². The van der Waals surface area contributed by atoms with Gasteiger partial charge >= 0.3 is 0 Å². The van der Waals surface area contributed by atoms with Crippen LogP contribution in [-0.2, 0) is 9.59 Å². The Labute approximate surface area is 262 Å². The number of aromatic amines is 2. The fraction of sp³-hybridized carbons (Fsp3) is 0.243. The summed E-state index contributed by atoms with van der Waals surface area (Å²) in [5.41, 5.74) is 7.44. The van der Waals surface area contributed by atoms with Gasteiger partial charge in [0, 0.05) is 35.3 Å². The smallest absolute Gasteiger partial charge is 0.224 e. The van der Waals surface area contributed by atoms with Crippen molar-refractivity contribution in [3.63, 3.8) is 0 Å². The third-order valence-electron chi connectivity index (χ3n) is 7.97. The first kappa shape index (κ1) is 29.8. The van der Waals surface area contributed by atoms with E-state index in [1.54, 1.807) is 0 Å². The number of para-hydroxylation sites is 4. The quantitative estimate of drug-likeness (QED) is 0.0937. The van der Waals surface area contributed by atoms with Gasteiger partial charge in [0.2, 0.25) is 11.8 Å². The molecule has 6 rings (SSSR count). The number of imidazole rings is 2. The number of unbranched alkanes of at least 4 members (excludes halogenated alkanes) is 6. The second-order valence-electron chi connectivity index (χ2n) is 11.4. The minimum absolute atomic E-state index is 0.0432. The predicted octanol–water partition coefficient (Wildman–Crippen LogP) is 8.86. The predicted molar refractivity (Wildman–Crippen MR) is 182 cm³/mol. The van der Waals surface area contributed by atoms with Gasteiger partial charge in [0.05, 0.1) is 22.1 Å². The van der Waals surface area contributed by atoms with Crippen LogP contribution >= 0.6 is 0 Å². The van der Waals surface area contributed by atoms with E-state index in [2.05, 4.69) is 30.6 Å². The van der Waals surface area contributed by atoms with Gasteiger partial charge in [0.25, 0.3) is 0 Å². The lowest BCUT2D eigenvalue weighted by atomic mass is 10.1. The van der Waals surface area contributed by atoms with E-state index < -0.39 is 0 Å². The first-order valence-corrected chi connectivity index (χ1v) is 15.8. The van der Waals surface area contributed by atoms with E-state index in [1.807, 2.05) is 97.1 Å². The SMILES string of the molecule is O=C(CCCCCCCCCC(=O)Nc1ccc(-c2nc3ccccc3[nH]2)cc1)Nc1ccc(-c2nc3ccccc3[nH]2)cc1. The molecule has 228 valence electrons. The first-order valence-electron chi connectivity index (χ1n) is 15.8. The third kappa shape index (κ3) is 8.03. The van der Waals surface area contributed by atoms with Crippen molar-refractivity contribution in [3.05, 3.63) is 97.1 Å². The van der Waals surface area contributed by atoms with Crippen LogP contribution in [0.15, 0.2) is 97.1 Å². The van der Waals surface area contributed by atoms with E-state index in [0.717, 1.165) is 101 Å². The summed E-state index contributed by atoms with van der Waals surface area (Å²) in [7, 11) is 0. The van der Waals surface area contributed by atoms with Gasteiger partial charge in [-0.15, -0.1) is 0 Å². The van der Waals surface area contributed by atoms with Crippen molar-refractivity contribution in [3.8, 4) is 22.8 Å². The second-order valence-corrected chi connectivity index (χ2v) is 11.4. The lowest BCUT2D eigenvalue weighted by Gasteiger charge is -2.07. The number of rotatable bonds is 14. The minimum atomic E-state index is 0.0432. The fourth-order valence-corrected chi connectivity index (χ4v) is 5.50. The number of carbonyl (C=O) groups excluding carboxylic acids is 2. The second kappa shape index (κ2) is 14.5. The molecule has 6 aromatic rings. The molecule has 0 unspecified atom stereocenters. The maximum atomic E-state index is 12.4. The Morgan fingerprint density at radius 2 is 0.867 bits per heavy atom. The Morgan fingerprint density at radius 3 is 1.27 bits per heavy atom. The Bertz CT molecular complexity index is 1670. The maximum Gasteiger partial charge on any atom is 0.224 e. The lowest BCUT2D eigenvalue weighted by Crippen LogP contribution is -2.11. The summed E-state index contributed by atoms with van der Waals surface area (Å²) >= 11 is 0. The molecule has 0 radical (unpaired) electrons. The van der Waals surface area contributed by atoms with Crippen molar-refractivity contribution in [2.45, 2.75) is 57.8 Å². The van der Waals surface area contributed by atoms with E-state index in [1.165, 1.54) is 0 Å². The number of anilines is 2. The number of hydrogen-bond acceptors (Lipinski definition) is 4. The van der Waals surface area contributed by atoms with Gasteiger partial charge in [-0.1, -0.05) is 56.4 Å². The zero-order chi connectivity index (χ0) is 30.8. The number of fused-ring (bicyclic) bond motifs is 2. The summed E-state index contributed by atoms with van der Waals surface area (Å²) in [6.45, 7) is 0. The number of carbonyl (C=O) groups is 2. The number of nitrogens with zero attached hydrogens (tertiary/aromatic N) is 2. The molecule has 2 amide bonds. The minimum Gasteiger partial charge on any atom is -0.338 e. The van der Waals surface area contributed by atoms with Crippen LogP contribution in [-0.4, -0.2) is 31.8 Å². The fourth-order valence-electron chi connectivity index (χ4n) is 5.50. The number of amides is 2. The van der Waals surface area contributed by atoms with Crippen LogP contribution in [0.5, 0.6) is 0 Å². The average Bonchev–Trinajstić information content (AvgIpc) is 3.70. The molecule has 0 bridgehead atoms. The normalized spacial score (nSPS) is 11.2. The summed E-state index contributed by atoms with van der Waals surface area (Å²) in [6, 6.07) is 31.5. The van der Waals surface area contributed by atoms with Gasteiger partial charge in [0.1, 0.15) is 11.6 Å². The highest BCUT2D eigenvalue weighted by Crippen LogP contribution is 2.24. The van der Waals surface area contributed by atoms with E-state index in [4.69, 9.17) is 0 Å². The van der Waals surface area contributed by atoms with Crippen molar-refractivity contribution < 1.29 is 9.59 Å². The number of aromatic nitrogens is 4. The molecule has 0 saturated heterocycles. The van der Waals surface area contributed by atoms with E-state index in [-0.39, 0.29) is 11.8 Å². The molecule has 8 nitrogen and oxygen atoms in total. The van der Waals surface area contributed by atoms with Gasteiger partial charge in [-0.2, -0.15) is 0 Å². The van der Waals surface area contributed by atoms with Crippen LogP contribution < -0.4 is 10.6 Å². The van der Waals surface area contributed by atoms with Crippen LogP contribution in [0.3, 0.4) is 0 Å². The zero-order valence-corrected chi connectivity index (χ0v) is 25.3. The Balaban J connectivity index is 0.807. The lowest BCUT2D eigenvalue weighted by molar-refractivity contribution is -0.117. The molecule has 4 aromatic carbocycles. The first-order chi connectivity index (χ1) is 22.1. The van der Waals surface area contributed by atoms with Gasteiger partial charge in [-0.05, 0) is 85.6 Å². The highest BCUT2D eigenvalue weighted by molar-refractivity contribution is 5.91. The Hall–Kier alpha value is -5.24. The van der Waals surface area contributed by atoms with Crippen molar-refractivity contribution >= 4 is 45.3 Å². The van der Waals surface area contributed by atoms with E-state index in [0.29, 0.717) is 12.8 Å². The van der Waals surface area contributed by atoms with Crippen molar-refractivity contribution in [2.75, 3.05) is 10.6 Å². The van der Waals surface area contributed by atoms with Gasteiger partial charge in [-0.3, -0.25) is 9.59 Å². The van der Waals surface area contributed by atoms with E-state index in [9.17, 15) is 9.59 Å². The topological polar surface area (TPSA) is 116 Å². The maximum absolute atomic E-state index is 12.4. The molecule has 8 heteroatoms. The Morgan fingerprint density at radius 1 is 0.489 bits per heavy atom. The van der Waals surface area contributed by atoms with Gasteiger partial charge < -0.3 is 20.6 Å². The van der Waals surface area contributed by atoms with Crippen molar-refractivity contribution in [1.82, 2.24) is 19.9 Å². The summed E-state index contributed by atoms with van der Waals surface area (Å²) in [6.07, 6.45) is 8.17. The van der Waals surface area contributed by atoms with Crippen molar-refractivity contribution in [2.24, 2.45) is 0 Å². The molecular weight excluding hydrogens is 560 g/mol. The standard InChI is InChI=1S/C37H38N6O2/c44-34(38-28-22-18-26(19-23-28)36-40-30-12-8-9-13-31(30)41-36)16-6-4-2-1-3-5-7-17-35(45)39-29-24-20-27(21-25-29)37-42-32-14-10-11-15-33(32)43-37/h8-15,18-25H,1-7,16-17H2,(H,38,44)(H,39,45)(H,40,41)(H,42,43). The van der Waals surface area contributed by atoms with Crippen LogP contribution in [0.4, 0.5) is 11.4 Å². The molecule has 0 saturated carbocycles. The molecule has 0 aliphatic rings. The molecule has 0 atom stereocenters. The number of benzene rings is 4. The number of H-pyrrole nitrogens is 2. The Kier molecular flexibility index (Phi) is 9.60. The number of nitrogens with one attached hydrogen (secondary N) is 4. The van der Waals surface area contributed by atoms with Crippen LogP contribution in [0.25, 0.3) is 44.8 Å². The summed E-state index contributed by atoms with van der Waals surface area (Å²) in [4.78, 5) is 40.7. The highest BCUT2D eigenvalue weighted by atomic mass is 16.2. The average molecular weight is 599 g/mol. The van der Waals surface area contributed by atoms with Crippen LogP contribution in [0, 0.1) is 0 Å². The molecule has 0 fully saturated rings.